The third-order valence-corrected chi connectivity index (χ3v) is 20.0. The van der Waals surface area contributed by atoms with Crippen LogP contribution in [0, 0.1) is 0 Å². The van der Waals surface area contributed by atoms with Crippen molar-refractivity contribution in [1.29, 1.82) is 0 Å². The van der Waals surface area contributed by atoms with Gasteiger partial charge in [-0.1, -0.05) is 34.8 Å². The summed E-state index contributed by atoms with van der Waals surface area (Å²) < 4.78 is 79.1. The molecule has 0 unspecified atom stereocenters. The fourth-order valence-corrected chi connectivity index (χ4v) is 14.1. The van der Waals surface area contributed by atoms with Crippen molar-refractivity contribution < 1.29 is 64.8 Å². The molecule has 103 heavy (non-hydrogen) atoms. The number of amides is 2. The van der Waals surface area contributed by atoms with Gasteiger partial charge in [0.2, 0.25) is 28.1 Å². The summed E-state index contributed by atoms with van der Waals surface area (Å²) in [4.78, 5) is 88.5. The number of thiazole rings is 2. The highest BCUT2D eigenvalue weighted by atomic mass is 32.2. The number of azo groups is 2. The van der Waals surface area contributed by atoms with Crippen LogP contribution in [0.25, 0.3) is 12.2 Å². The minimum absolute atomic E-state index is 0.00646. The molecule has 36 heteroatoms. The number of nitrogens with zero attached hydrogens (tertiary/aromatic N) is 14. The van der Waals surface area contributed by atoms with Gasteiger partial charge in [-0.15, -0.1) is 20.5 Å². The molecule has 0 atom stereocenters. The largest absolute Gasteiger partial charge is 0.494 e. The van der Waals surface area contributed by atoms with Crippen molar-refractivity contribution in [2.75, 3.05) is 139 Å². The Kier molecular flexibility index (Phi) is 26.5. The molecule has 2 amide bonds. The molecule has 2 aliphatic heterocycles. The van der Waals surface area contributed by atoms with Gasteiger partial charge in [0.1, 0.15) is 34.5 Å². The van der Waals surface area contributed by atoms with Gasteiger partial charge in [-0.05, 0) is 141 Å². The Morgan fingerprint density at radius 1 is 0.544 bits per heavy atom. The predicted molar refractivity (Wildman–Crippen MR) is 398 cm³/mol. The van der Waals surface area contributed by atoms with Crippen LogP contribution in [0.5, 0.6) is 11.5 Å². The van der Waals surface area contributed by atoms with E-state index in [1.807, 2.05) is 37.5 Å². The smallest absolute Gasteiger partial charge is 0.294 e. The molecule has 2 saturated heterocycles. The highest BCUT2D eigenvalue weighted by molar-refractivity contribution is 7.86. The fourth-order valence-electron chi connectivity index (χ4n) is 11.4. The molecule has 9 rings (SSSR count). The lowest BCUT2D eigenvalue weighted by molar-refractivity contribution is -0.120. The van der Waals surface area contributed by atoms with Gasteiger partial charge in [-0.25, -0.2) is 0 Å². The predicted octanol–water partition coefficient (Wildman–Crippen LogP) is 11.3. The van der Waals surface area contributed by atoms with E-state index in [-0.39, 0.29) is 88.3 Å². The molecule has 3 aromatic heterocycles. The number of benzene rings is 4. The molecule has 0 saturated carbocycles. The van der Waals surface area contributed by atoms with Crippen LogP contribution in [0.2, 0.25) is 0 Å². The molecule has 0 bridgehead atoms. The monoisotopic (exact) mass is 1490 g/mol. The van der Waals surface area contributed by atoms with Crippen molar-refractivity contribution >= 4 is 164 Å². The maximum Gasteiger partial charge on any atom is 0.294 e. The van der Waals surface area contributed by atoms with E-state index in [0.29, 0.717) is 108 Å². The second kappa shape index (κ2) is 35.3. The van der Waals surface area contributed by atoms with Gasteiger partial charge in [0.05, 0.1) is 80.9 Å². The number of hydrogen-bond donors (Lipinski definition) is 8. The minimum Gasteiger partial charge on any atom is -0.494 e. The van der Waals surface area contributed by atoms with E-state index < -0.39 is 53.4 Å². The Balaban J connectivity index is 1.13. The number of ether oxygens (including phenoxy) is 2. The molecule has 0 spiro atoms. The zero-order chi connectivity index (χ0) is 74.1. The Morgan fingerprint density at radius 2 is 0.932 bits per heavy atom. The third kappa shape index (κ3) is 19.8. The molecule has 0 aliphatic carbocycles. The van der Waals surface area contributed by atoms with Gasteiger partial charge in [-0.2, -0.15) is 41.8 Å². The molecular weight excluding hydrogens is 1410 g/mol. The van der Waals surface area contributed by atoms with Crippen LogP contribution in [-0.2, 0) is 39.4 Å². The summed E-state index contributed by atoms with van der Waals surface area (Å²) in [5.74, 6) is -1.17. The summed E-state index contributed by atoms with van der Waals surface area (Å²) >= 11 is 2.13. The van der Waals surface area contributed by atoms with Crippen molar-refractivity contribution in [3.8, 4) is 11.5 Å². The fraction of sp³-hybridized carbons (Fsp3) is 0.388. The Labute approximate surface area is 604 Å². The molecule has 0 radical (unpaired) electrons. The van der Waals surface area contributed by atoms with Crippen molar-refractivity contribution in [3.05, 3.63) is 93.7 Å². The number of aliphatic hydroxyl groups is 2. The molecule has 8 N–H and O–H groups in total. The number of methoxy groups -OCH3 is 2. The van der Waals surface area contributed by atoms with Crippen molar-refractivity contribution in [1.82, 2.24) is 24.9 Å². The van der Waals surface area contributed by atoms with E-state index in [0.717, 1.165) is 85.5 Å². The van der Waals surface area contributed by atoms with E-state index in [1.165, 1.54) is 64.5 Å². The van der Waals surface area contributed by atoms with E-state index in [2.05, 4.69) is 41.3 Å². The number of carbonyl (C=O) groups excluding carboxylic acids is 4. The molecule has 2 aliphatic rings. The summed E-state index contributed by atoms with van der Waals surface area (Å²) in [5.41, 5.74) is 1.88. The number of ketones is 2. The van der Waals surface area contributed by atoms with Crippen molar-refractivity contribution in [2.24, 2.45) is 20.5 Å². The van der Waals surface area contributed by atoms with Crippen molar-refractivity contribution in [3.63, 3.8) is 0 Å². The minimum atomic E-state index is -4.61. The first-order valence-corrected chi connectivity index (χ1v) is 37.7. The zero-order valence-electron chi connectivity index (χ0n) is 58.1. The van der Waals surface area contributed by atoms with E-state index in [9.17, 15) is 55.3 Å². The van der Waals surface area contributed by atoms with Gasteiger partial charge in [0, 0.05) is 89.0 Å². The van der Waals surface area contributed by atoms with Crippen LogP contribution in [0.1, 0.15) is 89.8 Å². The number of nitrogens with one attached hydrogen (secondary N) is 4. The lowest BCUT2D eigenvalue weighted by atomic mass is 10.1. The second-order valence-electron chi connectivity index (χ2n) is 23.4. The van der Waals surface area contributed by atoms with Crippen molar-refractivity contribution in [2.45, 2.75) is 89.9 Å². The first-order chi connectivity index (χ1) is 49.4. The summed E-state index contributed by atoms with van der Waals surface area (Å²) in [5, 5.41) is 51.7. The Morgan fingerprint density at radius 3 is 1.27 bits per heavy atom. The van der Waals surface area contributed by atoms with Gasteiger partial charge in [0.25, 0.3) is 32.1 Å². The second-order valence-corrected chi connectivity index (χ2v) is 28.3. The average Bonchev–Trinajstić information content (AvgIpc) is 1.72. The van der Waals surface area contributed by atoms with Crippen LogP contribution in [0.3, 0.4) is 0 Å². The summed E-state index contributed by atoms with van der Waals surface area (Å²) in [6.07, 6.45) is 8.19. The molecule has 7 aromatic rings. The molecule has 5 heterocycles. The molecule has 32 nitrogen and oxygen atoms in total. The third-order valence-electron chi connectivity index (χ3n) is 16.6. The maximum absolute atomic E-state index is 13.9. The SMILES string of the molecule is CCN(CC)c1cc(Nc2nc(Nc3cc(N(CC)CC)c(OC)cc3N=Nc3nc(N4CCCCC4)c(/C=C(\C(C)=O)C(=O)Nc4cccc(S(=O)(=O)O)c4)s3)nc(N(CCO)CCO)n2)c(N=Nc2nc(N3CCCCC3)c(C=C(C(C)=O)C(=O)Nc3cccc(S(=O)(=O)O)c3)s2)cc1OC. The lowest BCUT2D eigenvalue weighted by Crippen LogP contribution is -2.31. The topological polar surface area (TPSA) is 414 Å². The number of carbonyl (C=O) groups is 4. The van der Waals surface area contributed by atoms with Gasteiger partial charge in [-0.3, -0.25) is 28.3 Å². The van der Waals surface area contributed by atoms with E-state index in [4.69, 9.17) is 44.6 Å². The Bertz CT molecular complexity index is 4320. The summed E-state index contributed by atoms with van der Waals surface area (Å²) in [7, 11) is -6.18. The highest BCUT2D eigenvalue weighted by Gasteiger charge is 2.28. The first-order valence-electron chi connectivity index (χ1n) is 33.2. The Hall–Kier alpha value is -9.95. The quantitative estimate of drug-likeness (QED) is 0.00623. The number of anilines is 11. The average molecular weight is 1490 g/mol. The number of hydrogen-bond acceptors (Lipinski definition) is 30. The molecule has 4 aromatic carbocycles. The zero-order valence-corrected chi connectivity index (χ0v) is 61.3. The molecule has 548 valence electrons. The summed E-state index contributed by atoms with van der Waals surface area (Å²) in [6.45, 7) is 14.5. The number of aromatic nitrogens is 5. The molecule has 2 fully saturated rings. The maximum atomic E-state index is 13.9. The van der Waals surface area contributed by atoms with Crippen LogP contribution in [-0.4, -0.2) is 177 Å². The van der Waals surface area contributed by atoms with E-state index >= 15 is 0 Å². The van der Waals surface area contributed by atoms with Crippen LogP contribution in [0.4, 0.5) is 85.2 Å². The lowest BCUT2D eigenvalue weighted by Gasteiger charge is -2.27. The van der Waals surface area contributed by atoms with E-state index in [1.54, 1.807) is 29.2 Å². The normalized spacial score (nSPS) is 13.9. The van der Waals surface area contributed by atoms with Crippen LogP contribution in [0.15, 0.2) is 114 Å². The highest BCUT2D eigenvalue weighted by Crippen LogP contribution is 2.45. The first kappa shape index (κ1) is 77.2. The number of rotatable bonds is 33. The van der Waals surface area contributed by atoms with Crippen LogP contribution >= 0.6 is 22.7 Å². The van der Waals surface area contributed by atoms with Crippen LogP contribution < -0.4 is 55.2 Å². The van der Waals surface area contributed by atoms with Gasteiger partial charge in [0.15, 0.2) is 11.6 Å². The number of aliphatic hydroxyl groups excluding tert-OH is 2. The number of piperidine rings is 2. The number of Topliss-reactive ketones (excluding diaryl/α,β-unsaturated/α-hetero) is 2. The molecular formula is C67H82N18O14S4. The van der Waals surface area contributed by atoms with Gasteiger partial charge < -0.3 is 65.5 Å². The van der Waals surface area contributed by atoms with Gasteiger partial charge >= 0.3 is 0 Å². The summed E-state index contributed by atoms with van der Waals surface area (Å²) in [6, 6.07) is 16.9. The standard InChI is InChI=1S/C67H82N18O14S4/c1-9-81(10-2)53-37-49(51(39-55(53)98-7)77-79-66-72-59(83-25-15-13-16-26-83)57(100-66)35-47(41(5)88)61(90)68-43-21-19-23-45(33-43)102(92,93)94)70-63-74-64(76-65(75-63)85(29-31-86)30-32-87)71-50-38-54(82(11-3)12-4)56(99-8)40-52(50)78-80-67-73-60(84-27-17-14-18-28-84)58(101-67)36-48(42(6)89)62(91)69-44-22-20-24-46(34-44)103(95,96)97/h19-24,33-40,86-87H,9-18,25-32H2,1-8H3,(H,68,90)(H,69,91)(H,92,93,94)(H,95,96,97)(H2,70,71,74,75,76)/b47-35+,48-36?,79-77?,80-78?.